The van der Waals surface area contributed by atoms with Crippen molar-refractivity contribution in [2.24, 2.45) is 9.81 Å². The van der Waals surface area contributed by atoms with Gasteiger partial charge in [0.05, 0.1) is 12.3 Å². The standard InChI is InChI=1S/C25H28FN3O6S2/c1-25(2,3)23-21(30)19(24(31)29(23)13-15-9-11-17(26)12-10-15)20-18-8-6-7-16(14-28(4)36(5,32)33)22(18)37(34,35)27-20/h6-12,23,30H,13-14H2,1-5H3/t23-/m1/s1. The first-order chi connectivity index (χ1) is 17.0. The van der Waals surface area contributed by atoms with Crippen molar-refractivity contribution in [2.75, 3.05) is 13.3 Å². The summed E-state index contributed by atoms with van der Waals surface area (Å²) in [6.07, 6.45) is 1.01. The van der Waals surface area contributed by atoms with Crippen molar-refractivity contribution in [1.82, 2.24) is 9.21 Å². The second kappa shape index (κ2) is 9.03. The first-order valence-electron chi connectivity index (χ1n) is 11.4. The van der Waals surface area contributed by atoms with Gasteiger partial charge >= 0.3 is 0 Å². The molecule has 1 atom stereocenters. The van der Waals surface area contributed by atoms with E-state index in [1.165, 1.54) is 48.3 Å². The fourth-order valence-corrected chi connectivity index (χ4v) is 6.46. The second-order valence-electron chi connectivity index (χ2n) is 10.3. The van der Waals surface area contributed by atoms with Gasteiger partial charge in [-0.25, -0.2) is 17.1 Å². The molecule has 2 aromatic carbocycles. The van der Waals surface area contributed by atoms with Gasteiger partial charge in [0.2, 0.25) is 10.0 Å². The third kappa shape index (κ3) is 4.92. The first-order valence-corrected chi connectivity index (χ1v) is 14.7. The Morgan fingerprint density at radius 2 is 1.76 bits per heavy atom. The molecule has 0 aromatic heterocycles. The van der Waals surface area contributed by atoms with Gasteiger partial charge < -0.3 is 10.0 Å². The fraction of sp³-hybridized carbons (Fsp3) is 0.360. The van der Waals surface area contributed by atoms with Gasteiger partial charge in [-0.05, 0) is 28.7 Å². The smallest absolute Gasteiger partial charge is 0.283 e. The molecule has 0 fully saturated rings. The summed E-state index contributed by atoms with van der Waals surface area (Å²) in [7, 11) is -6.56. The number of hydrogen-bond donors (Lipinski definition) is 1. The Kier molecular flexibility index (Phi) is 6.58. The highest BCUT2D eigenvalue weighted by atomic mass is 32.2. The van der Waals surface area contributed by atoms with E-state index in [2.05, 4.69) is 4.40 Å². The summed E-state index contributed by atoms with van der Waals surface area (Å²) >= 11 is 0. The van der Waals surface area contributed by atoms with Gasteiger partial charge in [-0.15, -0.1) is 0 Å². The molecule has 2 heterocycles. The Morgan fingerprint density at radius 1 is 1.14 bits per heavy atom. The molecule has 2 aliphatic rings. The molecular formula is C25H28FN3O6S2. The van der Waals surface area contributed by atoms with Crippen LogP contribution in [0.25, 0.3) is 0 Å². The molecule has 9 nitrogen and oxygen atoms in total. The molecule has 0 radical (unpaired) electrons. The number of fused-ring (bicyclic) bond motifs is 1. The highest BCUT2D eigenvalue weighted by molar-refractivity contribution is 7.91. The summed E-state index contributed by atoms with van der Waals surface area (Å²) in [6, 6.07) is 9.34. The van der Waals surface area contributed by atoms with Gasteiger partial charge in [-0.3, -0.25) is 4.79 Å². The monoisotopic (exact) mass is 549 g/mol. The van der Waals surface area contributed by atoms with Crippen molar-refractivity contribution in [3.8, 4) is 0 Å². The minimum absolute atomic E-state index is 0.0562. The number of amides is 1. The normalized spacial score (nSPS) is 19.5. The Hall–Kier alpha value is -3.09. The SMILES string of the molecule is CN(Cc1cccc2c1S(=O)(=O)N=C2C1=C(O)[C@H](C(C)(C)C)N(Cc2ccc(F)cc2)C1=O)S(C)(=O)=O. The minimum atomic E-state index is -4.29. The highest BCUT2D eigenvalue weighted by Gasteiger charge is 2.49. The molecule has 12 heteroatoms. The van der Waals surface area contributed by atoms with Crippen LogP contribution >= 0.6 is 0 Å². The molecule has 0 saturated carbocycles. The van der Waals surface area contributed by atoms with Crippen molar-refractivity contribution in [1.29, 1.82) is 0 Å². The number of aliphatic hydroxyl groups is 1. The quantitative estimate of drug-likeness (QED) is 0.591. The van der Waals surface area contributed by atoms with Crippen LogP contribution in [0.3, 0.4) is 0 Å². The summed E-state index contributed by atoms with van der Waals surface area (Å²) < 4.78 is 68.5. The Balaban J connectivity index is 1.82. The number of sulfonamides is 2. The van der Waals surface area contributed by atoms with E-state index in [-0.39, 0.29) is 46.2 Å². The van der Waals surface area contributed by atoms with Crippen LogP contribution < -0.4 is 0 Å². The topological polar surface area (TPSA) is 124 Å². The van der Waals surface area contributed by atoms with Crippen LogP contribution in [0.2, 0.25) is 0 Å². The van der Waals surface area contributed by atoms with Crippen LogP contribution in [-0.4, -0.2) is 62.1 Å². The molecule has 0 saturated heterocycles. The van der Waals surface area contributed by atoms with Gasteiger partial charge in [0.25, 0.3) is 15.9 Å². The molecule has 2 aromatic rings. The van der Waals surface area contributed by atoms with E-state index in [4.69, 9.17) is 0 Å². The lowest BCUT2D eigenvalue weighted by Gasteiger charge is -2.35. The molecule has 37 heavy (non-hydrogen) atoms. The van der Waals surface area contributed by atoms with E-state index >= 15 is 0 Å². The molecule has 0 unspecified atom stereocenters. The van der Waals surface area contributed by atoms with Crippen molar-refractivity contribution in [3.63, 3.8) is 0 Å². The highest BCUT2D eigenvalue weighted by Crippen LogP contribution is 2.41. The van der Waals surface area contributed by atoms with Gasteiger partial charge in [-0.1, -0.05) is 51.1 Å². The summed E-state index contributed by atoms with van der Waals surface area (Å²) in [5.74, 6) is -1.34. The lowest BCUT2D eigenvalue weighted by Crippen LogP contribution is -2.43. The van der Waals surface area contributed by atoms with E-state index < -0.39 is 43.2 Å². The van der Waals surface area contributed by atoms with Crippen LogP contribution in [-0.2, 0) is 37.9 Å². The van der Waals surface area contributed by atoms with E-state index in [1.807, 2.05) is 20.8 Å². The zero-order valence-electron chi connectivity index (χ0n) is 21.1. The van der Waals surface area contributed by atoms with E-state index in [9.17, 15) is 31.1 Å². The molecule has 1 amide bonds. The third-order valence-electron chi connectivity index (χ3n) is 6.41. The van der Waals surface area contributed by atoms with Gasteiger partial charge in [0.1, 0.15) is 27.8 Å². The predicted molar refractivity (Wildman–Crippen MR) is 136 cm³/mol. The van der Waals surface area contributed by atoms with Gasteiger partial charge in [0.15, 0.2) is 0 Å². The number of nitrogens with zero attached hydrogens (tertiary/aromatic N) is 3. The number of benzene rings is 2. The summed E-state index contributed by atoms with van der Waals surface area (Å²) in [5, 5.41) is 11.3. The van der Waals surface area contributed by atoms with Gasteiger partial charge in [-0.2, -0.15) is 12.8 Å². The van der Waals surface area contributed by atoms with Crippen LogP contribution in [0.4, 0.5) is 4.39 Å². The number of carbonyl (C=O) groups is 1. The molecule has 2 aliphatic heterocycles. The zero-order valence-corrected chi connectivity index (χ0v) is 22.7. The van der Waals surface area contributed by atoms with E-state index in [1.54, 1.807) is 6.07 Å². The van der Waals surface area contributed by atoms with Crippen LogP contribution in [0.5, 0.6) is 0 Å². The maximum Gasteiger partial charge on any atom is 0.283 e. The molecule has 0 bridgehead atoms. The van der Waals surface area contributed by atoms with Crippen molar-refractivity contribution < 1.29 is 31.1 Å². The van der Waals surface area contributed by atoms with Crippen molar-refractivity contribution >= 4 is 31.7 Å². The molecule has 1 N–H and O–H groups in total. The summed E-state index contributed by atoms with van der Waals surface area (Å²) in [6.45, 7) is 5.34. The van der Waals surface area contributed by atoms with Gasteiger partial charge in [0, 0.05) is 25.7 Å². The minimum Gasteiger partial charge on any atom is -0.509 e. The first kappa shape index (κ1) is 27.0. The maximum absolute atomic E-state index is 13.7. The molecule has 4 rings (SSSR count). The second-order valence-corrected chi connectivity index (χ2v) is 13.9. The average molecular weight is 550 g/mol. The lowest BCUT2D eigenvalue weighted by atomic mass is 9.84. The molecule has 0 aliphatic carbocycles. The number of rotatable bonds is 6. The van der Waals surface area contributed by atoms with Crippen molar-refractivity contribution in [2.45, 2.75) is 44.8 Å². The Morgan fingerprint density at radius 3 is 2.32 bits per heavy atom. The van der Waals surface area contributed by atoms with Crippen molar-refractivity contribution in [3.05, 3.63) is 76.3 Å². The zero-order chi connectivity index (χ0) is 27.5. The number of halogens is 1. The largest absolute Gasteiger partial charge is 0.509 e. The number of hydrogen-bond acceptors (Lipinski definition) is 6. The lowest BCUT2D eigenvalue weighted by molar-refractivity contribution is -0.129. The van der Waals surface area contributed by atoms with E-state index in [0.29, 0.717) is 5.56 Å². The maximum atomic E-state index is 13.7. The molecule has 0 spiro atoms. The molecule has 198 valence electrons. The summed E-state index contributed by atoms with van der Waals surface area (Å²) in [4.78, 5) is 14.9. The fourth-order valence-electron chi connectivity index (χ4n) is 4.66. The average Bonchev–Trinajstić information content (AvgIpc) is 3.18. The number of carbonyl (C=O) groups excluding carboxylic acids is 1. The number of aliphatic hydroxyl groups excluding tert-OH is 1. The predicted octanol–water partition coefficient (Wildman–Crippen LogP) is 2.98. The van der Waals surface area contributed by atoms with E-state index in [0.717, 1.165) is 10.6 Å². The third-order valence-corrected chi connectivity index (χ3v) is 9.09. The molecular weight excluding hydrogens is 521 g/mol. The summed E-state index contributed by atoms with van der Waals surface area (Å²) in [5.41, 5.74) is -0.0980. The Labute approximate surface area is 216 Å². The van der Waals surface area contributed by atoms with Crippen LogP contribution in [0, 0.1) is 11.2 Å². The van der Waals surface area contributed by atoms with Crippen LogP contribution in [0.1, 0.15) is 37.5 Å². The van der Waals surface area contributed by atoms with Crippen LogP contribution in [0.15, 0.2) is 63.1 Å². The Bertz CT molecular complexity index is 1560.